The second-order valence-electron chi connectivity index (χ2n) is 5.21. The lowest BCUT2D eigenvalue weighted by Crippen LogP contribution is -2.27. The second-order valence-corrected chi connectivity index (χ2v) is 6.44. The maximum atomic E-state index is 12.4. The molecular formula is C17H16ClN3OS. The molecule has 0 aliphatic heterocycles. The van der Waals surface area contributed by atoms with Gasteiger partial charge < -0.3 is 4.90 Å². The average molecular weight is 346 g/mol. The summed E-state index contributed by atoms with van der Waals surface area (Å²) in [4.78, 5) is 19.2. The summed E-state index contributed by atoms with van der Waals surface area (Å²) in [6.07, 6.45) is 5.14. The molecule has 3 rings (SSSR count). The second kappa shape index (κ2) is 6.56. The smallest absolute Gasteiger partial charge is 0.246 e. The van der Waals surface area contributed by atoms with Crippen molar-refractivity contribution in [2.24, 2.45) is 0 Å². The Balaban J connectivity index is 1.78. The number of nitrogens with zero attached hydrogens (tertiary/aromatic N) is 3. The number of likely N-dealkylation sites (N-methyl/N-ethyl adjacent to an activating group) is 1. The molecule has 2 heterocycles. The fourth-order valence-electron chi connectivity index (χ4n) is 2.34. The van der Waals surface area contributed by atoms with Gasteiger partial charge in [-0.25, -0.2) is 4.98 Å². The average Bonchev–Trinajstić information content (AvgIpc) is 3.13. The van der Waals surface area contributed by atoms with Crippen LogP contribution in [-0.4, -0.2) is 27.2 Å². The number of benzene rings is 1. The van der Waals surface area contributed by atoms with Crippen molar-refractivity contribution in [2.75, 3.05) is 7.05 Å². The van der Waals surface area contributed by atoms with Crippen LogP contribution in [0.3, 0.4) is 0 Å². The predicted octanol–water partition coefficient (Wildman–Crippen LogP) is 4.28. The van der Waals surface area contributed by atoms with E-state index < -0.39 is 0 Å². The number of rotatable bonds is 4. The zero-order valence-electron chi connectivity index (χ0n) is 12.8. The first kappa shape index (κ1) is 15.8. The van der Waals surface area contributed by atoms with Gasteiger partial charge in [-0.05, 0) is 18.6 Å². The zero-order valence-corrected chi connectivity index (χ0v) is 14.4. The van der Waals surface area contributed by atoms with Gasteiger partial charge in [0.2, 0.25) is 5.91 Å². The monoisotopic (exact) mass is 345 g/mol. The Morgan fingerprint density at radius 2 is 2.13 bits per heavy atom. The molecule has 0 radical (unpaired) electrons. The summed E-state index contributed by atoms with van der Waals surface area (Å²) in [5.74, 6) is -0.0809. The molecule has 0 spiro atoms. The largest absolute Gasteiger partial charge is 0.335 e. The molecule has 118 valence electrons. The third kappa shape index (κ3) is 3.16. The third-order valence-corrected chi connectivity index (χ3v) is 4.88. The number of halogens is 1. The molecule has 6 heteroatoms. The number of amides is 1. The molecule has 1 unspecified atom stereocenters. The van der Waals surface area contributed by atoms with Gasteiger partial charge in [0, 0.05) is 24.7 Å². The van der Waals surface area contributed by atoms with Gasteiger partial charge in [0.15, 0.2) is 10.1 Å². The Bertz CT molecular complexity index is 853. The lowest BCUT2D eigenvalue weighted by atomic mass is 10.1. The van der Waals surface area contributed by atoms with Crippen LogP contribution in [0.25, 0.3) is 11.0 Å². The van der Waals surface area contributed by atoms with E-state index in [4.69, 9.17) is 11.6 Å². The number of hydrogen-bond donors (Lipinski definition) is 0. The van der Waals surface area contributed by atoms with Crippen LogP contribution in [0.5, 0.6) is 0 Å². The van der Waals surface area contributed by atoms with E-state index in [2.05, 4.69) is 4.98 Å². The van der Waals surface area contributed by atoms with Crippen molar-refractivity contribution in [3.05, 3.63) is 64.4 Å². The number of carbonyl (C=O) groups is 1. The first-order valence-corrected chi connectivity index (χ1v) is 8.44. The first-order valence-electron chi connectivity index (χ1n) is 7.19. The Morgan fingerprint density at radius 1 is 1.39 bits per heavy atom. The minimum atomic E-state index is -0.0809. The van der Waals surface area contributed by atoms with Crippen LogP contribution in [0.4, 0.5) is 0 Å². The molecule has 0 saturated carbocycles. The lowest BCUT2D eigenvalue weighted by Gasteiger charge is -2.24. The third-order valence-electron chi connectivity index (χ3n) is 3.85. The number of fused-ring (bicyclic) bond motifs is 1. The summed E-state index contributed by atoms with van der Waals surface area (Å²) in [5.41, 5.74) is 1.82. The molecular weight excluding hydrogens is 330 g/mol. The van der Waals surface area contributed by atoms with Gasteiger partial charge in [-0.2, -0.15) is 0 Å². The van der Waals surface area contributed by atoms with Crippen LogP contribution in [0.15, 0.2) is 48.0 Å². The summed E-state index contributed by atoms with van der Waals surface area (Å²) in [6.45, 7) is 2.00. The number of thiazole rings is 1. The normalized spacial score (nSPS) is 12.8. The molecule has 0 bridgehead atoms. The maximum Gasteiger partial charge on any atom is 0.246 e. The maximum absolute atomic E-state index is 12.4. The Kier molecular flexibility index (Phi) is 4.50. The number of aromatic nitrogens is 2. The zero-order chi connectivity index (χ0) is 16.4. The minimum Gasteiger partial charge on any atom is -0.335 e. The van der Waals surface area contributed by atoms with Crippen LogP contribution in [0.2, 0.25) is 5.15 Å². The highest BCUT2D eigenvalue weighted by Crippen LogP contribution is 2.23. The summed E-state index contributed by atoms with van der Waals surface area (Å²) >= 11 is 7.63. The van der Waals surface area contributed by atoms with Crippen LogP contribution in [0, 0.1) is 0 Å². The molecule has 2 aromatic heterocycles. The highest BCUT2D eigenvalue weighted by molar-refractivity contribution is 7.15. The molecule has 1 amide bonds. The predicted molar refractivity (Wildman–Crippen MR) is 94.7 cm³/mol. The van der Waals surface area contributed by atoms with E-state index in [-0.39, 0.29) is 11.9 Å². The van der Waals surface area contributed by atoms with Crippen molar-refractivity contribution >= 4 is 39.9 Å². The molecule has 4 nitrogen and oxygen atoms in total. The molecule has 23 heavy (non-hydrogen) atoms. The molecule has 1 atom stereocenters. The van der Waals surface area contributed by atoms with Crippen LogP contribution in [0.1, 0.15) is 24.2 Å². The van der Waals surface area contributed by atoms with E-state index in [0.717, 1.165) is 16.2 Å². The summed E-state index contributed by atoms with van der Waals surface area (Å²) in [7, 11) is 1.79. The first-order chi connectivity index (χ1) is 11.1. The summed E-state index contributed by atoms with van der Waals surface area (Å²) in [6, 6.07) is 9.93. The van der Waals surface area contributed by atoms with Crippen molar-refractivity contribution in [3.8, 4) is 0 Å². The number of imidazole rings is 1. The molecule has 0 aliphatic rings. The Labute approximate surface area is 143 Å². The highest BCUT2D eigenvalue weighted by atomic mass is 35.5. The number of carbonyl (C=O) groups excluding carboxylic acids is 1. The topological polar surface area (TPSA) is 37.6 Å². The van der Waals surface area contributed by atoms with E-state index >= 15 is 0 Å². The van der Waals surface area contributed by atoms with Gasteiger partial charge in [0.1, 0.15) is 0 Å². The van der Waals surface area contributed by atoms with Crippen molar-refractivity contribution in [1.29, 1.82) is 0 Å². The summed E-state index contributed by atoms with van der Waals surface area (Å²) < 4.78 is 1.87. The van der Waals surface area contributed by atoms with Crippen molar-refractivity contribution < 1.29 is 4.79 Å². The fourth-order valence-corrected chi connectivity index (χ4v) is 3.35. The van der Waals surface area contributed by atoms with Gasteiger partial charge in [0.25, 0.3) is 0 Å². The fraction of sp³-hybridized carbons (Fsp3) is 0.176. The van der Waals surface area contributed by atoms with Gasteiger partial charge in [-0.1, -0.05) is 41.9 Å². The van der Waals surface area contributed by atoms with Crippen molar-refractivity contribution in [2.45, 2.75) is 13.0 Å². The van der Waals surface area contributed by atoms with E-state index in [1.54, 1.807) is 18.0 Å². The lowest BCUT2D eigenvalue weighted by molar-refractivity contribution is -0.126. The van der Waals surface area contributed by atoms with E-state index in [0.29, 0.717) is 5.15 Å². The van der Waals surface area contributed by atoms with Gasteiger partial charge in [0.05, 0.1) is 11.7 Å². The van der Waals surface area contributed by atoms with Gasteiger partial charge >= 0.3 is 0 Å². The quantitative estimate of drug-likeness (QED) is 0.662. The van der Waals surface area contributed by atoms with Crippen molar-refractivity contribution in [3.63, 3.8) is 0 Å². The van der Waals surface area contributed by atoms with Gasteiger partial charge in [-0.3, -0.25) is 9.20 Å². The standard InChI is InChI=1S/C17H16ClN3OS/c1-12(13-6-4-3-5-7-13)20(2)15(22)9-8-14-16(18)19-17-21(14)10-11-23-17/h3-12H,1-2H3/b9-8+. The number of hydrogen-bond acceptors (Lipinski definition) is 3. The van der Waals surface area contributed by atoms with Gasteiger partial charge in [-0.15, -0.1) is 11.3 Å². The molecule has 0 fully saturated rings. The van der Waals surface area contributed by atoms with E-state index in [1.165, 1.54) is 17.4 Å². The molecule has 0 saturated heterocycles. The Hall–Kier alpha value is -2.11. The Morgan fingerprint density at radius 3 is 2.87 bits per heavy atom. The SMILES string of the molecule is CC(c1ccccc1)N(C)C(=O)/C=C/c1c(Cl)nc2sccn12. The molecule has 3 aromatic rings. The van der Waals surface area contributed by atoms with E-state index in [9.17, 15) is 4.79 Å². The molecule has 1 aromatic carbocycles. The van der Waals surface area contributed by atoms with Crippen LogP contribution < -0.4 is 0 Å². The molecule has 0 aliphatic carbocycles. The molecule has 0 N–H and O–H groups in total. The van der Waals surface area contributed by atoms with Crippen molar-refractivity contribution in [1.82, 2.24) is 14.3 Å². The minimum absolute atomic E-state index is 0.00423. The highest BCUT2D eigenvalue weighted by Gasteiger charge is 2.15. The summed E-state index contributed by atoms with van der Waals surface area (Å²) in [5, 5.41) is 2.33. The van der Waals surface area contributed by atoms with E-state index in [1.807, 2.05) is 53.2 Å². The van der Waals surface area contributed by atoms with Crippen LogP contribution >= 0.6 is 22.9 Å². The van der Waals surface area contributed by atoms with Crippen LogP contribution in [-0.2, 0) is 4.79 Å².